The zero-order chi connectivity index (χ0) is 7.40. The van der Waals surface area contributed by atoms with Gasteiger partial charge in [0.05, 0.1) is 0 Å². The van der Waals surface area contributed by atoms with Crippen LogP contribution >= 0.6 is 24.0 Å². The number of thioether (sulfide) groups is 1. The highest BCUT2D eigenvalue weighted by atomic mass is 32.2. The molecule has 0 saturated carbocycles. The monoisotopic (exact) mass is 171 g/mol. The summed E-state index contributed by atoms with van der Waals surface area (Å²) in [4.78, 5) is 7.81. The minimum absolute atomic E-state index is 0.339. The number of hydrogen-bond donors (Lipinski definition) is 1. The van der Waals surface area contributed by atoms with E-state index in [0.717, 1.165) is 0 Å². The van der Waals surface area contributed by atoms with Crippen molar-refractivity contribution in [2.24, 2.45) is 5.73 Å². The lowest BCUT2D eigenvalue weighted by Crippen LogP contribution is -2.02. The maximum Gasteiger partial charge on any atom is 0.194 e. The number of hydrogen-bond acceptors (Lipinski definition) is 4. The Morgan fingerprint density at radius 3 is 2.60 bits per heavy atom. The molecule has 1 aromatic rings. The average molecular weight is 171 g/mol. The van der Waals surface area contributed by atoms with Crippen LogP contribution in [0.4, 0.5) is 0 Å². The van der Waals surface area contributed by atoms with E-state index in [1.165, 1.54) is 11.8 Å². The smallest absolute Gasteiger partial charge is 0.194 e. The lowest BCUT2D eigenvalue weighted by Gasteiger charge is -1.92. The summed E-state index contributed by atoms with van der Waals surface area (Å²) in [5, 5.41) is 0.593. The summed E-state index contributed by atoms with van der Waals surface area (Å²) in [6, 6.07) is 1.74. The standard InChI is InChI=1S/C5H5N3S2/c6-4(9)10-5-7-2-1-3-8-5/h1-3H,(H2,6,9). The molecular formula is C5H5N3S2. The molecule has 10 heavy (non-hydrogen) atoms. The van der Waals surface area contributed by atoms with Crippen molar-refractivity contribution in [2.75, 3.05) is 0 Å². The normalized spacial score (nSPS) is 9.20. The molecule has 1 heterocycles. The van der Waals surface area contributed by atoms with Crippen molar-refractivity contribution in [3.63, 3.8) is 0 Å². The Kier molecular flexibility index (Phi) is 2.58. The van der Waals surface area contributed by atoms with Crippen molar-refractivity contribution in [2.45, 2.75) is 5.16 Å². The number of nitrogens with zero attached hydrogens (tertiary/aromatic N) is 2. The van der Waals surface area contributed by atoms with E-state index in [2.05, 4.69) is 22.2 Å². The van der Waals surface area contributed by atoms with Crippen LogP contribution in [0.15, 0.2) is 23.6 Å². The van der Waals surface area contributed by atoms with Gasteiger partial charge in [-0.2, -0.15) is 0 Å². The van der Waals surface area contributed by atoms with Crippen LogP contribution in [0.25, 0.3) is 0 Å². The van der Waals surface area contributed by atoms with Gasteiger partial charge in [0.2, 0.25) is 0 Å². The van der Waals surface area contributed by atoms with Crippen molar-refractivity contribution < 1.29 is 0 Å². The molecule has 0 aliphatic heterocycles. The van der Waals surface area contributed by atoms with Crippen molar-refractivity contribution in [1.82, 2.24) is 9.97 Å². The molecule has 0 aliphatic carbocycles. The molecule has 0 radical (unpaired) electrons. The maximum atomic E-state index is 5.24. The lowest BCUT2D eigenvalue weighted by atomic mass is 10.7. The number of nitrogens with two attached hydrogens (primary N) is 1. The van der Waals surface area contributed by atoms with Gasteiger partial charge in [-0.1, -0.05) is 12.2 Å². The highest BCUT2D eigenvalue weighted by Crippen LogP contribution is 2.09. The first-order valence-electron chi connectivity index (χ1n) is 2.53. The van der Waals surface area contributed by atoms with Crippen molar-refractivity contribution in [3.05, 3.63) is 18.5 Å². The Labute approximate surface area is 68.1 Å². The van der Waals surface area contributed by atoms with Gasteiger partial charge in [-0.05, 0) is 17.8 Å². The highest BCUT2D eigenvalue weighted by Gasteiger charge is 1.95. The predicted octanol–water partition coefficient (Wildman–Crippen LogP) is 0.812. The average Bonchev–Trinajstić information content (AvgIpc) is 1.88. The van der Waals surface area contributed by atoms with Crippen LogP contribution in [0.3, 0.4) is 0 Å². The minimum Gasteiger partial charge on any atom is -0.384 e. The van der Waals surface area contributed by atoms with E-state index in [0.29, 0.717) is 9.48 Å². The molecule has 1 rings (SSSR count). The molecule has 0 fully saturated rings. The van der Waals surface area contributed by atoms with Crippen molar-refractivity contribution >= 4 is 28.3 Å². The zero-order valence-electron chi connectivity index (χ0n) is 5.02. The van der Waals surface area contributed by atoms with Crippen molar-refractivity contribution in [3.8, 4) is 0 Å². The molecule has 0 unspecified atom stereocenters. The van der Waals surface area contributed by atoms with Gasteiger partial charge in [0, 0.05) is 12.4 Å². The Bertz CT molecular complexity index is 224. The second-order valence-corrected chi connectivity index (χ2v) is 3.16. The Morgan fingerprint density at radius 2 is 2.10 bits per heavy atom. The van der Waals surface area contributed by atoms with Gasteiger partial charge in [-0.3, -0.25) is 0 Å². The number of aromatic nitrogens is 2. The van der Waals surface area contributed by atoms with E-state index in [1.54, 1.807) is 18.5 Å². The number of thiocarbonyl (C=S) groups is 1. The summed E-state index contributed by atoms with van der Waals surface area (Å²) in [6.07, 6.45) is 3.29. The largest absolute Gasteiger partial charge is 0.384 e. The van der Waals surface area contributed by atoms with Crippen LogP contribution in [-0.2, 0) is 0 Å². The topological polar surface area (TPSA) is 51.8 Å². The molecule has 0 spiro atoms. The Hall–Kier alpha value is -0.680. The van der Waals surface area contributed by atoms with Crippen LogP contribution in [-0.4, -0.2) is 14.3 Å². The first-order chi connectivity index (χ1) is 4.79. The summed E-state index contributed by atoms with van der Waals surface area (Å²) in [5.41, 5.74) is 5.24. The second kappa shape index (κ2) is 3.48. The van der Waals surface area contributed by atoms with Gasteiger partial charge in [-0.25, -0.2) is 9.97 Å². The van der Waals surface area contributed by atoms with Crippen LogP contribution < -0.4 is 5.73 Å². The van der Waals surface area contributed by atoms with Gasteiger partial charge >= 0.3 is 0 Å². The van der Waals surface area contributed by atoms with E-state index >= 15 is 0 Å². The first-order valence-corrected chi connectivity index (χ1v) is 3.76. The highest BCUT2D eigenvalue weighted by molar-refractivity contribution is 8.22. The molecule has 0 saturated heterocycles. The third kappa shape index (κ3) is 2.28. The zero-order valence-corrected chi connectivity index (χ0v) is 6.65. The predicted molar refractivity (Wildman–Crippen MR) is 44.7 cm³/mol. The van der Waals surface area contributed by atoms with Crippen molar-refractivity contribution in [1.29, 1.82) is 0 Å². The summed E-state index contributed by atoms with van der Waals surface area (Å²) >= 11 is 5.82. The Balaban J connectivity index is 2.67. The third-order valence-corrected chi connectivity index (χ3v) is 1.58. The van der Waals surface area contributed by atoms with Gasteiger partial charge in [0.15, 0.2) is 5.16 Å². The molecule has 2 N–H and O–H groups in total. The molecule has 0 aromatic carbocycles. The van der Waals surface area contributed by atoms with Gasteiger partial charge < -0.3 is 5.73 Å². The van der Waals surface area contributed by atoms with E-state index in [9.17, 15) is 0 Å². The van der Waals surface area contributed by atoms with Gasteiger partial charge in [0.1, 0.15) is 4.32 Å². The van der Waals surface area contributed by atoms with E-state index in [4.69, 9.17) is 5.73 Å². The maximum absolute atomic E-state index is 5.24. The quantitative estimate of drug-likeness (QED) is 0.385. The molecule has 5 heteroatoms. The van der Waals surface area contributed by atoms with Gasteiger partial charge in [-0.15, -0.1) is 0 Å². The second-order valence-electron chi connectivity index (χ2n) is 1.45. The number of rotatable bonds is 1. The van der Waals surface area contributed by atoms with Crippen LogP contribution in [0.1, 0.15) is 0 Å². The fraction of sp³-hybridized carbons (Fsp3) is 0. The fourth-order valence-electron chi connectivity index (χ4n) is 0.428. The third-order valence-electron chi connectivity index (χ3n) is 0.734. The fourth-order valence-corrected chi connectivity index (χ4v) is 1.06. The summed E-state index contributed by atoms with van der Waals surface area (Å²) in [5.74, 6) is 0. The molecule has 0 bridgehead atoms. The molecule has 0 atom stereocenters. The summed E-state index contributed by atoms with van der Waals surface area (Å²) in [6.45, 7) is 0. The van der Waals surface area contributed by atoms with Crippen LogP contribution in [0.5, 0.6) is 0 Å². The van der Waals surface area contributed by atoms with Gasteiger partial charge in [0.25, 0.3) is 0 Å². The van der Waals surface area contributed by atoms with Crippen LogP contribution in [0.2, 0.25) is 0 Å². The molecule has 52 valence electrons. The first kappa shape index (κ1) is 7.43. The molecular weight excluding hydrogens is 166 g/mol. The summed E-state index contributed by atoms with van der Waals surface area (Å²) in [7, 11) is 0. The molecule has 1 aromatic heterocycles. The minimum atomic E-state index is 0.339. The molecule has 0 amide bonds. The molecule has 3 nitrogen and oxygen atoms in total. The van der Waals surface area contributed by atoms with E-state index < -0.39 is 0 Å². The lowest BCUT2D eigenvalue weighted by molar-refractivity contribution is 0.972. The SMILES string of the molecule is NC(=S)Sc1ncccn1. The van der Waals surface area contributed by atoms with E-state index in [1.807, 2.05) is 0 Å². The molecule has 0 aliphatic rings. The van der Waals surface area contributed by atoms with E-state index in [-0.39, 0.29) is 0 Å². The van der Waals surface area contributed by atoms with Crippen LogP contribution in [0, 0.1) is 0 Å². The Morgan fingerprint density at radius 1 is 1.50 bits per heavy atom. The summed E-state index contributed by atoms with van der Waals surface area (Å²) < 4.78 is 0.339.